The molecule has 0 saturated heterocycles. The number of amides is 1. The topological polar surface area (TPSA) is 71.8 Å². The third-order valence-electron chi connectivity index (χ3n) is 2.68. The Morgan fingerprint density at radius 2 is 2.37 bits per heavy atom. The molecule has 2 heterocycles. The second-order valence-electron chi connectivity index (χ2n) is 4.26. The molecule has 2 rings (SSSR count). The number of likely N-dealkylation sites (N-methyl/N-ethyl adjacent to an activating group) is 1. The third-order valence-corrected chi connectivity index (χ3v) is 3.47. The summed E-state index contributed by atoms with van der Waals surface area (Å²) in [4.78, 5) is 15.7. The Bertz CT molecular complexity index is 562. The van der Waals surface area contributed by atoms with Crippen molar-refractivity contribution in [2.75, 3.05) is 12.4 Å². The van der Waals surface area contributed by atoms with Gasteiger partial charge in [0.15, 0.2) is 0 Å². The maximum absolute atomic E-state index is 11.2. The van der Waals surface area contributed by atoms with E-state index in [1.807, 2.05) is 25.4 Å². The molecule has 0 aliphatic carbocycles. The van der Waals surface area contributed by atoms with Crippen LogP contribution in [-0.4, -0.2) is 27.7 Å². The van der Waals surface area contributed by atoms with Gasteiger partial charge in [0.2, 0.25) is 5.91 Å². The van der Waals surface area contributed by atoms with E-state index in [1.54, 1.807) is 29.3 Å². The van der Waals surface area contributed by atoms with Crippen molar-refractivity contribution >= 4 is 22.9 Å². The number of aryl methyl sites for hydroxylation is 1. The molecule has 0 saturated carbocycles. The highest BCUT2D eigenvalue weighted by Gasteiger charge is 2.10. The van der Waals surface area contributed by atoms with Gasteiger partial charge < -0.3 is 10.6 Å². The molecular formula is C12H17N5OS. The second kappa shape index (κ2) is 5.83. The van der Waals surface area contributed by atoms with Gasteiger partial charge in [-0.05, 0) is 13.8 Å². The summed E-state index contributed by atoms with van der Waals surface area (Å²) in [7, 11) is 1.61. The molecule has 0 aromatic carbocycles. The number of nitrogens with one attached hydrogen (secondary N) is 2. The molecule has 2 aromatic rings. The van der Waals surface area contributed by atoms with E-state index in [0.717, 1.165) is 16.4 Å². The van der Waals surface area contributed by atoms with E-state index in [1.165, 1.54) is 0 Å². The van der Waals surface area contributed by atoms with E-state index < -0.39 is 0 Å². The molecule has 2 N–H and O–H groups in total. The number of hydrogen-bond acceptors (Lipinski definition) is 5. The van der Waals surface area contributed by atoms with Gasteiger partial charge in [-0.15, -0.1) is 11.3 Å². The number of hydrogen-bond donors (Lipinski definition) is 2. The normalized spacial score (nSPS) is 12.2. The van der Waals surface area contributed by atoms with E-state index in [4.69, 9.17) is 0 Å². The molecule has 1 amide bonds. The van der Waals surface area contributed by atoms with Crippen LogP contribution in [0.3, 0.4) is 0 Å². The monoisotopic (exact) mass is 279 g/mol. The molecule has 0 bridgehead atoms. The van der Waals surface area contributed by atoms with Gasteiger partial charge in [-0.3, -0.25) is 9.48 Å². The number of carbonyl (C=O) groups is 1. The highest BCUT2D eigenvalue weighted by atomic mass is 32.1. The number of aromatic nitrogens is 3. The van der Waals surface area contributed by atoms with Gasteiger partial charge in [0.25, 0.3) is 0 Å². The van der Waals surface area contributed by atoms with Crippen molar-refractivity contribution in [2.24, 2.45) is 0 Å². The maximum Gasteiger partial charge on any atom is 0.241 e. The fraction of sp³-hybridized carbons (Fsp3) is 0.417. The molecule has 0 aliphatic heterocycles. The van der Waals surface area contributed by atoms with Gasteiger partial charge in [-0.2, -0.15) is 5.10 Å². The summed E-state index contributed by atoms with van der Waals surface area (Å²) >= 11 is 1.64. The maximum atomic E-state index is 11.2. The second-order valence-corrected chi connectivity index (χ2v) is 5.32. The summed E-state index contributed by atoms with van der Waals surface area (Å²) in [6, 6.07) is 0.114. The van der Waals surface area contributed by atoms with Crippen LogP contribution in [0.4, 0.5) is 5.69 Å². The number of thiazole rings is 1. The Hall–Kier alpha value is -1.89. The van der Waals surface area contributed by atoms with Crippen LogP contribution in [0.5, 0.6) is 0 Å². The zero-order chi connectivity index (χ0) is 13.8. The molecule has 0 radical (unpaired) electrons. The van der Waals surface area contributed by atoms with Crippen molar-refractivity contribution in [1.82, 2.24) is 20.1 Å². The molecule has 7 heteroatoms. The Labute approximate surface area is 115 Å². The fourth-order valence-corrected chi connectivity index (χ4v) is 2.36. The summed E-state index contributed by atoms with van der Waals surface area (Å²) < 4.78 is 1.60. The van der Waals surface area contributed by atoms with E-state index in [0.29, 0.717) is 0 Å². The zero-order valence-corrected chi connectivity index (χ0v) is 12.0. The highest BCUT2D eigenvalue weighted by Crippen LogP contribution is 2.20. The fourth-order valence-electron chi connectivity index (χ4n) is 1.65. The molecule has 6 nitrogen and oxygen atoms in total. The highest BCUT2D eigenvalue weighted by molar-refractivity contribution is 7.09. The van der Waals surface area contributed by atoms with Crippen molar-refractivity contribution in [1.29, 1.82) is 0 Å². The zero-order valence-electron chi connectivity index (χ0n) is 11.2. The first-order valence-electron chi connectivity index (χ1n) is 6.00. The van der Waals surface area contributed by atoms with Gasteiger partial charge in [0.1, 0.15) is 6.54 Å². The van der Waals surface area contributed by atoms with Crippen molar-refractivity contribution in [3.05, 3.63) is 28.5 Å². The summed E-state index contributed by atoms with van der Waals surface area (Å²) in [5, 5.41) is 13.1. The standard InChI is InChI=1S/C12H17N5OS/c1-8(11-7-19-9(2)16-11)15-10-4-14-17(5-10)6-12(18)13-3/h4-5,7-8,15H,6H2,1-3H3,(H,13,18). The minimum atomic E-state index is -0.0715. The average Bonchev–Trinajstić information content (AvgIpc) is 2.98. The summed E-state index contributed by atoms with van der Waals surface area (Å²) in [5.41, 5.74) is 1.89. The number of nitrogens with zero attached hydrogens (tertiary/aromatic N) is 3. The summed E-state index contributed by atoms with van der Waals surface area (Å²) in [5.74, 6) is -0.0715. The van der Waals surface area contributed by atoms with E-state index in [9.17, 15) is 4.79 Å². The number of anilines is 1. The van der Waals surface area contributed by atoms with Crippen LogP contribution >= 0.6 is 11.3 Å². The van der Waals surface area contributed by atoms with E-state index in [2.05, 4.69) is 20.7 Å². The smallest absolute Gasteiger partial charge is 0.241 e. The van der Waals surface area contributed by atoms with E-state index >= 15 is 0 Å². The number of rotatable bonds is 5. The lowest BCUT2D eigenvalue weighted by atomic mass is 10.2. The lowest BCUT2D eigenvalue weighted by Crippen LogP contribution is -2.23. The van der Waals surface area contributed by atoms with Crippen LogP contribution in [-0.2, 0) is 11.3 Å². The minimum Gasteiger partial charge on any atom is -0.374 e. The van der Waals surface area contributed by atoms with Gasteiger partial charge >= 0.3 is 0 Å². The summed E-state index contributed by atoms with van der Waals surface area (Å²) in [6.45, 7) is 4.26. The number of carbonyl (C=O) groups excluding carboxylic acids is 1. The van der Waals surface area contributed by atoms with Gasteiger partial charge in [0, 0.05) is 18.6 Å². The first-order valence-corrected chi connectivity index (χ1v) is 6.88. The Morgan fingerprint density at radius 1 is 1.58 bits per heavy atom. The van der Waals surface area contributed by atoms with Crippen LogP contribution in [0.2, 0.25) is 0 Å². The molecule has 0 spiro atoms. The predicted molar refractivity (Wildman–Crippen MR) is 75.2 cm³/mol. The molecular weight excluding hydrogens is 262 g/mol. The molecule has 1 unspecified atom stereocenters. The lowest BCUT2D eigenvalue weighted by molar-refractivity contribution is -0.121. The van der Waals surface area contributed by atoms with Crippen LogP contribution in [0, 0.1) is 6.92 Å². The Kier molecular flexibility index (Phi) is 4.16. The van der Waals surface area contributed by atoms with Crippen molar-refractivity contribution < 1.29 is 4.79 Å². The van der Waals surface area contributed by atoms with Crippen molar-refractivity contribution in [3.8, 4) is 0 Å². The first kappa shape index (κ1) is 13.5. The molecule has 0 fully saturated rings. The Balaban J connectivity index is 1.98. The van der Waals surface area contributed by atoms with Gasteiger partial charge in [-0.25, -0.2) is 4.98 Å². The molecule has 2 aromatic heterocycles. The molecule has 1 atom stereocenters. The van der Waals surface area contributed by atoms with Crippen molar-refractivity contribution in [2.45, 2.75) is 26.4 Å². The largest absolute Gasteiger partial charge is 0.374 e. The van der Waals surface area contributed by atoms with Crippen molar-refractivity contribution in [3.63, 3.8) is 0 Å². The quantitative estimate of drug-likeness (QED) is 0.871. The molecule has 19 heavy (non-hydrogen) atoms. The first-order chi connectivity index (χ1) is 9.08. The molecule has 0 aliphatic rings. The van der Waals surface area contributed by atoms with Gasteiger partial charge in [-0.1, -0.05) is 0 Å². The van der Waals surface area contributed by atoms with Crippen LogP contribution in [0.1, 0.15) is 23.7 Å². The van der Waals surface area contributed by atoms with Crippen LogP contribution < -0.4 is 10.6 Å². The predicted octanol–water partition coefficient (Wildman–Crippen LogP) is 1.57. The third kappa shape index (κ3) is 3.54. The SMILES string of the molecule is CNC(=O)Cn1cc(NC(C)c2csc(C)n2)cn1. The van der Waals surface area contributed by atoms with E-state index in [-0.39, 0.29) is 18.5 Å². The average molecular weight is 279 g/mol. The Morgan fingerprint density at radius 3 is 3.00 bits per heavy atom. The summed E-state index contributed by atoms with van der Waals surface area (Å²) in [6.07, 6.45) is 3.52. The van der Waals surface area contributed by atoms with Crippen LogP contribution in [0.25, 0.3) is 0 Å². The molecule has 102 valence electrons. The van der Waals surface area contributed by atoms with Crippen LogP contribution in [0.15, 0.2) is 17.8 Å². The van der Waals surface area contributed by atoms with Gasteiger partial charge in [0.05, 0.1) is 28.6 Å². The minimum absolute atomic E-state index is 0.0715. The lowest BCUT2D eigenvalue weighted by Gasteiger charge is -2.10.